The summed E-state index contributed by atoms with van der Waals surface area (Å²) in [6.45, 7) is 11.3. The summed E-state index contributed by atoms with van der Waals surface area (Å²) in [5, 5.41) is 17.4. The Morgan fingerprint density at radius 2 is 1.68 bits per heavy atom. The van der Waals surface area contributed by atoms with Crippen LogP contribution in [0.2, 0.25) is 0 Å². The molecule has 0 aliphatic carbocycles. The van der Waals surface area contributed by atoms with Gasteiger partial charge in [-0.15, -0.1) is 10.2 Å². The summed E-state index contributed by atoms with van der Waals surface area (Å²) in [5.41, 5.74) is 4.02. The smallest absolute Gasteiger partial charge is 0.242 e. The molecule has 2 aromatic carbocycles. The average molecular weight is 518 g/mol. The van der Waals surface area contributed by atoms with Crippen molar-refractivity contribution in [3.63, 3.8) is 0 Å². The molecule has 1 N–H and O–H groups in total. The molecule has 8 nitrogen and oxygen atoms in total. The molecule has 4 aromatic rings. The van der Waals surface area contributed by atoms with Crippen LogP contribution in [0.1, 0.15) is 75.9 Å². The zero-order valence-corrected chi connectivity index (χ0v) is 22.9. The molecule has 8 heteroatoms. The van der Waals surface area contributed by atoms with E-state index >= 15 is 0 Å². The fourth-order valence-electron chi connectivity index (χ4n) is 4.17. The van der Waals surface area contributed by atoms with E-state index in [9.17, 15) is 4.79 Å². The van der Waals surface area contributed by atoms with Crippen molar-refractivity contribution in [1.82, 2.24) is 19.4 Å². The number of ketones is 1. The van der Waals surface area contributed by atoms with E-state index in [1.165, 1.54) is 9.20 Å². The minimum Gasteiger partial charge on any atom is -0.473 e. The fourth-order valence-corrected chi connectivity index (χ4v) is 4.17. The van der Waals surface area contributed by atoms with Crippen LogP contribution >= 0.6 is 0 Å². The number of rotatable bonds is 11. The number of nitrogens with zero attached hydrogens (tertiary/aromatic N) is 4. The number of benzene rings is 2. The molecular weight excluding hydrogens is 478 g/mol. The van der Waals surface area contributed by atoms with Crippen LogP contribution in [-0.4, -0.2) is 31.3 Å². The summed E-state index contributed by atoms with van der Waals surface area (Å²) >= 11 is 0. The van der Waals surface area contributed by atoms with E-state index in [2.05, 4.69) is 50.9 Å². The van der Waals surface area contributed by atoms with Crippen molar-refractivity contribution in [2.45, 2.75) is 78.7 Å². The zero-order valence-electron chi connectivity index (χ0n) is 22.9. The summed E-state index contributed by atoms with van der Waals surface area (Å²) in [6.07, 6.45) is 1.80. The number of carbonyl (C=O) groups excluding carboxylic acids is 1. The number of ether oxygens (including phenoxy) is 2. The Hall–Kier alpha value is -3.78. The molecule has 0 amide bonds. The van der Waals surface area contributed by atoms with Crippen molar-refractivity contribution in [2.75, 3.05) is 0 Å². The average Bonchev–Trinajstić information content (AvgIpc) is 3.21. The van der Waals surface area contributed by atoms with E-state index < -0.39 is 0 Å². The van der Waals surface area contributed by atoms with Crippen molar-refractivity contribution in [3.05, 3.63) is 88.5 Å². The summed E-state index contributed by atoms with van der Waals surface area (Å²) in [4.78, 5) is 13.4. The Morgan fingerprint density at radius 3 is 2.37 bits per heavy atom. The van der Waals surface area contributed by atoms with Gasteiger partial charge in [0.05, 0.1) is 19.3 Å². The van der Waals surface area contributed by atoms with Gasteiger partial charge in [-0.25, -0.2) is 4.68 Å². The fraction of sp³-hybridized carbons (Fsp3) is 0.400. The number of hydrogen-bond donors (Lipinski definition) is 1. The largest absolute Gasteiger partial charge is 0.473 e. The molecule has 4 rings (SSSR count). The lowest BCUT2D eigenvalue weighted by atomic mass is 9.84. The van der Waals surface area contributed by atoms with Gasteiger partial charge in [0.1, 0.15) is 6.54 Å². The molecule has 0 unspecified atom stereocenters. The number of hydrogen-bond acceptors (Lipinski definition) is 6. The molecule has 2 aromatic heterocycles. The molecule has 0 atom stereocenters. The Morgan fingerprint density at radius 1 is 0.974 bits per heavy atom. The first-order valence-electron chi connectivity index (χ1n) is 13.2. The number of nitrogens with one attached hydrogen (secondary N) is 1. The second-order valence-electron chi connectivity index (χ2n) is 10.5. The van der Waals surface area contributed by atoms with Crippen LogP contribution < -0.4 is 10.4 Å². The normalized spacial score (nSPS) is 11.8. The lowest BCUT2D eigenvalue weighted by Crippen LogP contribution is -2.27. The molecule has 0 radical (unpaired) electrons. The first-order valence-corrected chi connectivity index (χ1v) is 13.2. The van der Waals surface area contributed by atoms with Crippen LogP contribution in [0.4, 0.5) is 0 Å². The Bertz CT molecular complexity index is 1450. The maximum Gasteiger partial charge on any atom is 0.242 e. The SMILES string of the molecule is CCC(CC)Oc1ccc2nn(CC(=O)c3cc(COCc4ccccc4)cc(C(C)(C)C)c3)c(=N)n2n1.[HH]. The second kappa shape index (κ2) is 11.7. The van der Waals surface area contributed by atoms with Gasteiger partial charge in [-0.1, -0.05) is 71.0 Å². The van der Waals surface area contributed by atoms with Gasteiger partial charge in [0.15, 0.2) is 11.4 Å². The van der Waals surface area contributed by atoms with Crippen molar-refractivity contribution in [3.8, 4) is 5.88 Å². The van der Waals surface area contributed by atoms with E-state index in [-0.39, 0.29) is 30.9 Å². The minimum atomic E-state index is -0.142. The van der Waals surface area contributed by atoms with Gasteiger partial charge in [0, 0.05) is 13.1 Å². The minimum absolute atomic E-state index is 0. The molecule has 0 aliphatic rings. The van der Waals surface area contributed by atoms with Crippen LogP contribution in [0, 0.1) is 5.41 Å². The number of fused-ring (bicyclic) bond motifs is 1. The monoisotopic (exact) mass is 517 g/mol. The van der Waals surface area contributed by atoms with Gasteiger partial charge >= 0.3 is 0 Å². The highest BCUT2D eigenvalue weighted by Crippen LogP contribution is 2.25. The molecule has 202 valence electrons. The lowest BCUT2D eigenvalue weighted by molar-refractivity contribution is 0.0963. The number of Topliss-reactive ketones (excluding diaryl/α,β-unsaturated/α-hetero) is 1. The molecule has 38 heavy (non-hydrogen) atoms. The maximum atomic E-state index is 13.4. The molecule has 0 saturated carbocycles. The number of aromatic nitrogens is 4. The first kappa shape index (κ1) is 27.3. The van der Waals surface area contributed by atoms with E-state index in [4.69, 9.17) is 14.9 Å². The molecular formula is C30H39N5O3. The van der Waals surface area contributed by atoms with Crippen LogP contribution in [0.25, 0.3) is 5.65 Å². The standard InChI is InChI=1S/C30H37N5O3.H2/c1-6-25(7-2)38-28-14-13-27-32-34(29(31)35(27)33-28)18-26(36)23-15-22(16-24(17-23)30(3,4)5)20-37-19-21-11-9-8-10-12-21;/h8-17,25,31H,6-7,18-20H2,1-5H3;1H. The molecule has 0 bridgehead atoms. The van der Waals surface area contributed by atoms with Crippen molar-refractivity contribution in [1.29, 1.82) is 5.41 Å². The molecule has 2 heterocycles. The van der Waals surface area contributed by atoms with Gasteiger partial charge in [-0.2, -0.15) is 4.52 Å². The van der Waals surface area contributed by atoms with Crippen LogP contribution in [0.3, 0.4) is 0 Å². The number of carbonyl (C=O) groups is 1. The van der Waals surface area contributed by atoms with Crippen LogP contribution in [0.5, 0.6) is 5.88 Å². The summed E-state index contributed by atoms with van der Waals surface area (Å²) in [6, 6.07) is 19.4. The second-order valence-corrected chi connectivity index (χ2v) is 10.5. The van der Waals surface area contributed by atoms with Crippen molar-refractivity contribution in [2.24, 2.45) is 0 Å². The third-order valence-electron chi connectivity index (χ3n) is 6.51. The van der Waals surface area contributed by atoms with E-state index in [0.717, 1.165) is 29.5 Å². The van der Waals surface area contributed by atoms with E-state index in [1.54, 1.807) is 12.1 Å². The topological polar surface area (TPSA) is 94.5 Å². The molecule has 0 spiro atoms. The quantitative estimate of drug-likeness (QED) is 0.257. The maximum absolute atomic E-state index is 13.4. The van der Waals surface area contributed by atoms with Crippen LogP contribution in [-0.2, 0) is 29.9 Å². The molecule has 0 fully saturated rings. The highest BCUT2D eigenvalue weighted by Gasteiger charge is 2.19. The Labute approximate surface area is 225 Å². The summed E-state index contributed by atoms with van der Waals surface area (Å²) in [5.74, 6) is 0.310. The van der Waals surface area contributed by atoms with Crippen molar-refractivity contribution >= 4 is 11.4 Å². The Balaban J connectivity index is 0.00000420. The van der Waals surface area contributed by atoms with Gasteiger partial charge in [-0.3, -0.25) is 10.2 Å². The van der Waals surface area contributed by atoms with Crippen molar-refractivity contribution < 1.29 is 15.7 Å². The highest BCUT2D eigenvalue weighted by molar-refractivity contribution is 5.96. The van der Waals surface area contributed by atoms with E-state index in [1.807, 2.05) is 42.5 Å². The highest BCUT2D eigenvalue weighted by atomic mass is 16.5. The van der Waals surface area contributed by atoms with Crippen LogP contribution in [0.15, 0.2) is 60.7 Å². The third-order valence-corrected chi connectivity index (χ3v) is 6.51. The predicted molar refractivity (Wildman–Crippen MR) is 148 cm³/mol. The third kappa shape index (κ3) is 6.55. The van der Waals surface area contributed by atoms with Gasteiger partial charge in [0.2, 0.25) is 11.5 Å². The lowest BCUT2D eigenvalue weighted by Gasteiger charge is -2.21. The van der Waals surface area contributed by atoms with E-state index in [0.29, 0.717) is 30.3 Å². The first-order chi connectivity index (χ1) is 18.2. The van der Waals surface area contributed by atoms with Gasteiger partial charge in [0.25, 0.3) is 0 Å². The Kier molecular flexibility index (Phi) is 8.42. The molecule has 0 aliphatic heterocycles. The predicted octanol–water partition coefficient (Wildman–Crippen LogP) is 5.72. The van der Waals surface area contributed by atoms with Gasteiger partial charge in [-0.05, 0) is 53.1 Å². The summed E-state index contributed by atoms with van der Waals surface area (Å²) in [7, 11) is 0. The zero-order chi connectivity index (χ0) is 27.3. The summed E-state index contributed by atoms with van der Waals surface area (Å²) < 4.78 is 14.7. The molecule has 0 saturated heterocycles. The van der Waals surface area contributed by atoms with Gasteiger partial charge < -0.3 is 9.47 Å².